The molecule has 25 heavy (non-hydrogen) atoms. The molecule has 8 atom stereocenters. The van der Waals surface area contributed by atoms with Crippen molar-refractivity contribution in [1.29, 1.82) is 0 Å². The SMILES string of the molecule is C=CC(=C)OC1CC2CC1C1C3CCC(C3C(=O)OC(C)(C)CC)C21. The average molecular weight is 344 g/mol. The average Bonchev–Trinajstić information content (AvgIpc) is 3.31. The summed E-state index contributed by atoms with van der Waals surface area (Å²) >= 11 is 0. The molecule has 8 unspecified atom stereocenters. The van der Waals surface area contributed by atoms with E-state index in [2.05, 4.69) is 20.1 Å². The fourth-order valence-corrected chi connectivity index (χ4v) is 6.69. The van der Waals surface area contributed by atoms with Crippen LogP contribution < -0.4 is 0 Å². The number of hydrogen-bond acceptors (Lipinski definition) is 3. The predicted octanol–water partition coefficient (Wildman–Crippen LogP) is 4.73. The highest BCUT2D eigenvalue weighted by Crippen LogP contribution is 2.70. The Morgan fingerprint density at radius 2 is 1.84 bits per heavy atom. The lowest BCUT2D eigenvalue weighted by Crippen LogP contribution is -2.36. The molecule has 0 saturated heterocycles. The summed E-state index contributed by atoms with van der Waals surface area (Å²) in [5.74, 6) is 4.65. The number of carbonyl (C=O) groups is 1. The van der Waals surface area contributed by atoms with Crippen molar-refractivity contribution in [2.75, 3.05) is 0 Å². The molecule has 4 bridgehead atoms. The van der Waals surface area contributed by atoms with Crippen molar-refractivity contribution in [3.8, 4) is 0 Å². The van der Waals surface area contributed by atoms with Crippen LogP contribution in [-0.4, -0.2) is 17.7 Å². The van der Waals surface area contributed by atoms with Crippen LogP contribution >= 0.6 is 0 Å². The Balaban J connectivity index is 1.51. The first kappa shape index (κ1) is 17.2. The van der Waals surface area contributed by atoms with E-state index in [1.807, 2.05) is 13.8 Å². The van der Waals surface area contributed by atoms with E-state index in [9.17, 15) is 4.79 Å². The zero-order valence-electron chi connectivity index (χ0n) is 15.9. The van der Waals surface area contributed by atoms with Crippen LogP contribution in [0.2, 0.25) is 0 Å². The van der Waals surface area contributed by atoms with Crippen LogP contribution in [0.3, 0.4) is 0 Å². The van der Waals surface area contributed by atoms with Crippen LogP contribution in [0.1, 0.15) is 52.9 Å². The Bertz CT molecular complexity index is 592. The van der Waals surface area contributed by atoms with Crippen molar-refractivity contribution < 1.29 is 14.3 Å². The third kappa shape index (κ3) is 2.57. The van der Waals surface area contributed by atoms with Gasteiger partial charge in [-0.3, -0.25) is 4.79 Å². The van der Waals surface area contributed by atoms with E-state index in [0.29, 0.717) is 29.4 Å². The largest absolute Gasteiger partial charge is 0.491 e. The molecule has 0 amide bonds. The number of allylic oxidation sites excluding steroid dienone is 1. The molecule has 4 rings (SSSR count). The van der Waals surface area contributed by atoms with Gasteiger partial charge in [-0.05, 0) is 87.5 Å². The van der Waals surface area contributed by atoms with Gasteiger partial charge in [0.05, 0.1) is 5.92 Å². The molecule has 4 saturated carbocycles. The quantitative estimate of drug-likeness (QED) is 0.302. The molecule has 0 aromatic rings. The second-order valence-electron chi connectivity index (χ2n) is 9.34. The Labute approximate surface area is 151 Å². The van der Waals surface area contributed by atoms with Crippen LogP contribution in [0.4, 0.5) is 0 Å². The van der Waals surface area contributed by atoms with Gasteiger partial charge in [-0.1, -0.05) is 20.1 Å². The Hall–Kier alpha value is -1.25. The summed E-state index contributed by atoms with van der Waals surface area (Å²) in [5, 5.41) is 0. The van der Waals surface area contributed by atoms with E-state index in [-0.39, 0.29) is 23.6 Å². The molecule has 0 aliphatic heterocycles. The number of hydrogen-bond donors (Lipinski definition) is 0. The van der Waals surface area contributed by atoms with Gasteiger partial charge >= 0.3 is 5.97 Å². The molecule has 4 fully saturated rings. The number of rotatable bonds is 6. The van der Waals surface area contributed by atoms with E-state index in [1.165, 1.54) is 19.3 Å². The van der Waals surface area contributed by atoms with Crippen LogP contribution in [0.5, 0.6) is 0 Å². The maximum absolute atomic E-state index is 13.0. The Morgan fingerprint density at radius 1 is 1.16 bits per heavy atom. The molecule has 0 radical (unpaired) electrons. The molecule has 3 nitrogen and oxygen atoms in total. The van der Waals surface area contributed by atoms with Crippen molar-refractivity contribution in [3.05, 3.63) is 25.0 Å². The molecule has 0 N–H and O–H groups in total. The Kier molecular flexibility index (Phi) is 4.05. The second kappa shape index (κ2) is 5.89. The fourth-order valence-electron chi connectivity index (χ4n) is 6.69. The minimum Gasteiger partial charge on any atom is -0.491 e. The number of carbonyl (C=O) groups excluding carboxylic acids is 1. The smallest absolute Gasteiger partial charge is 0.310 e. The van der Waals surface area contributed by atoms with Gasteiger partial charge in [0, 0.05) is 0 Å². The first-order chi connectivity index (χ1) is 11.9. The number of esters is 1. The Morgan fingerprint density at radius 3 is 2.48 bits per heavy atom. The van der Waals surface area contributed by atoms with Crippen molar-refractivity contribution in [2.45, 2.75) is 64.6 Å². The standard InChI is InChI=1S/C22H32O3/c1-6-12(3)24-17-11-13-10-16(17)19-15-9-8-14(18(13)19)20(15)21(23)25-22(4,5)7-2/h6,13-20H,1,3,7-11H2,2,4-5H3. The number of ether oxygens (including phenoxy) is 2. The zero-order chi connectivity index (χ0) is 17.9. The van der Waals surface area contributed by atoms with Crippen molar-refractivity contribution in [3.63, 3.8) is 0 Å². The minimum absolute atomic E-state index is 0.0705. The summed E-state index contributed by atoms with van der Waals surface area (Å²) in [6.07, 6.45) is 7.65. The molecule has 138 valence electrons. The van der Waals surface area contributed by atoms with E-state index >= 15 is 0 Å². The van der Waals surface area contributed by atoms with Crippen molar-refractivity contribution >= 4 is 5.97 Å². The highest BCUT2D eigenvalue weighted by molar-refractivity contribution is 5.75. The molecule has 4 aliphatic rings. The van der Waals surface area contributed by atoms with Gasteiger partial charge in [-0.15, -0.1) is 0 Å². The third-order valence-corrected chi connectivity index (χ3v) is 7.85. The first-order valence-corrected chi connectivity index (χ1v) is 10.1. The first-order valence-electron chi connectivity index (χ1n) is 10.1. The summed E-state index contributed by atoms with van der Waals surface area (Å²) in [6.45, 7) is 13.8. The zero-order valence-corrected chi connectivity index (χ0v) is 15.9. The maximum atomic E-state index is 13.0. The normalized spacial score (nSPS) is 43.8. The predicted molar refractivity (Wildman–Crippen MR) is 97.6 cm³/mol. The van der Waals surface area contributed by atoms with Crippen LogP contribution in [0, 0.1) is 41.4 Å². The summed E-state index contributed by atoms with van der Waals surface area (Å²) in [6, 6.07) is 0. The molecule has 0 aromatic heterocycles. The monoisotopic (exact) mass is 344 g/mol. The third-order valence-electron chi connectivity index (χ3n) is 7.85. The molecular formula is C22H32O3. The van der Waals surface area contributed by atoms with Gasteiger partial charge in [0.1, 0.15) is 17.5 Å². The van der Waals surface area contributed by atoms with Crippen molar-refractivity contribution in [2.24, 2.45) is 41.4 Å². The van der Waals surface area contributed by atoms with Gasteiger partial charge in [0.25, 0.3) is 0 Å². The fraction of sp³-hybridized carbons (Fsp3) is 0.773. The van der Waals surface area contributed by atoms with Crippen LogP contribution in [0.15, 0.2) is 25.0 Å². The summed E-state index contributed by atoms with van der Waals surface area (Å²) in [4.78, 5) is 13.0. The van der Waals surface area contributed by atoms with Crippen LogP contribution in [0.25, 0.3) is 0 Å². The molecule has 0 spiro atoms. The van der Waals surface area contributed by atoms with Gasteiger partial charge in [-0.2, -0.15) is 0 Å². The lowest BCUT2D eigenvalue weighted by Gasteiger charge is -2.38. The lowest BCUT2D eigenvalue weighted by molar-refractivity contribution is -0.164. The van der Waals surface area contributed by atoms with E-state index in [1.54, 1.807) is 6.08 Å². The lowest BCUT2D eigenvalue weighted by atomic mass is 9.70. The maximum Gasteiger partial charge on any atom is 0.310 e. The molecule has 0 heterocycles. The van der Waals surface area contributed by atoms with Crippen LogP contribution in [-0.2, 0) is 14.3 Å². The summed E-state index contributed by atoms with van der Waals surface area (Å²) in [7, 11) is 0. The van der Waals surface area contributed by atoms with Gasteiger partial charge < -0.3 is 9.47 Å². The summed E-state index contributed by atoms with van der Waals surface area (Å²) < 4.78 is 12.0. The van der Waals surface area contributed by atoms with Gasteiger partial charge in [0.2, 0.25) is 0 Å². The highest BCUT2D eigenvalue weighted by Gasteiger charge is 2.68. The van der Waals surface area contributed by atoms with E-state index in [4.69, 9.17) is 9.47 Å². The summed E-state index contributed by atoms with van der Waals surface area (Å²) in [5.41, 5.74) is -0.347. The highest BCUT2D eigenvalue weighted by atomic mass is 16.6. The number of fused-ring (bicyclic) bond motifs is 9. The van der Waals surface area contributed by atoms with E-state index in [0.717, 1.165) is 24.7 Å². The van der Waals surface area contributed by atoms with Gasteiger partial charge in [-0.25, -0.2) is 0 Å². The topological polar surface area (TPSA) is 35.5 Å². The molecule has 0 aromatic carbocycles. The molecule has 3 heteroatoms. The molecule has 4 aliphatic carbocycles. The van der Waals surface area contributed by atoms with Crippen molar-refractivity contribution in [1.82, 2.24) is 0 Å². The molecular weight excluding hydrogens is 312 g/mol. The van der Waals surface area contributed by atoms with E-state index < -0.39 is 0 Å². The van der Waals surface area contributed by atoms with Gasteiger partial charge in [0.15, 0.2) is 0 Å². The minimum atomic E-state index is -0.347. The second-order valence-corrected chi connectivity index (χ2v) is 9.34.